The molecule has 1 atom stereocenters. The Labute approximate surface area is 131 Å². The molecule has 3 rings (SSSR count). The van der Waals surface area contributed by atoms with Gasteiger partial charge in [0.15, 0.2) is 5.65 Å². The van der Waals surface area contributed by atoms with Crippen molar-refractivity contribution >= 4 is 11.3 Å². The summed E-state index contributed by atoms with van der Waals surface area (Å²) < 4.78 is 40.4. The van der Waals surface area contributed by atoms with Crippen LogP contribution in [-0.2, 0) is 6.18 Å². The van der Waals surface area contributed by atoms with E-state index in [1.807, 2.05) is 11.8 Å². The molecule has 0 N–H and O–H groups in total. The minimum Gasteiger partial charge on any atom is -0.363 e. The van der Waals surface area contributed by atoms with E-state index in [1.165, 1.54) is 12.3 Å². The summed E-state index contributed by atoms with van der Waals surface area (Å²) in [7, 11) is 0. The highest BCUT2D eigenvalue weighted by atomic mass is 19.4. The predicted molar refractivity (Wildman–Crippen MR) is 81.9 cm³/mol. The van der Waals surface area contributed by atoms with Crippen LogP contribution in [0.15, 0.2) is 23.1 Å². The summed E-state index contributed by atoms with van der Waals surface area (Å²) in [6, 6.07) is 2.36. The fraction of sp³-hybridized carbons (Fsp3) is 0.500. The Morgan fingerprint density at radius 1 is 1.30 bits per heavy atom. The first kappa shape index (κ1) is 15.8. The highest BCUT2D eigenvalue weighted by Crippen LogP contribution is 2.32. The van der Waals surface area contributed by atoms with Crippen molar-refractivity contribution in [2.75, 3.05) is 11.4 Å². The molecule has 2 aromatic heterocycles. The molecule has 0 radical (unpaired) electrons. The van der Waals surface area contributed by atoms with Crippen molar-refractivity contribution in [1.29, 1.82) is 0 Å². The lowest BCUT2D eigenvalue weighted by molar-refractivity contribution is -0.136. The normalized spacial score (nSPS) is 19.3. The fourth-order valence-electron chi connectivity index (χ4n) is 3.24. The number of halogens is 3. The van der Waals surface area contributed by atoms with Crippen LogP contribution in [0.25, 0.3) is 5.65 Å². The van der Waals surface area contributed by atoms with Gasteiger partial charge in [-0.1, -0.05) is 0 Å². The molecule has 1 saturated heterocycles. The van der Waals surface area contributed by atoms with Crippen molar-refractivity contribution in [2.24, 2.45) is 0 Å². The maximum atomic E-state index is 13.1. The Bertz CT molecular complexity index is 797. The van der Waals surface area contributed by atoms with E-state index in [0.717, 1.165) is 36.3 Å². The molecule has 23 heavy (non-hydrogen) atoms. The van der Waals surface area contributed by atoms with Gasteiger partial charge in [0.05, 0.1) is 11.3 Å². The molecule has 1 aliphatic heterocycles. The van der Waals surface area contributed by atoms with Gasteiger partial charge in [0.1, 0.15) is 5.69 Å². The van der Waals surface area contributed by atoms with E-state index in [0.29, 0.717) is 11.4 Å². The monoisotopic (exact) mass is 325 g/mol. The molecule has 4 nitrogen and oxygen atoms in total. The Balaban J connectivity index is 2.25. The Morgan fingerprint density at radius 3 is 2.70 bits per heavy atom. The summed E-state index contributed by atoms with van der Waals surface area (Å²) in [5.41, 5.74) is -0.906. The number of aromatic nitrogens is 2. The van der Waals surface area contributed by atoms with Crippen LogP contribution in [0.3, 0.4) is 0 Å². The number of nitrogens with zero attached hydrogens (tertiary/aromatic N) is 3. The summed E-state index contributed by atoms with van der Waals surface area (Å²) in [5.74, 6) is 0. The number of hydrogen-bond donors (Lipinski definition) is 0. The predicted octanol–water partition coefficient (Wildman–Crippen LogP) is 3.40. The minimum absolute atomic E-state index is 0.181. The van der Waals surface area contributed by atoms with Crippen LogP contribution in [0, 0.1) is 6.92 Å². The highest BCUT2D eigenvalue weighted by molar-refractivity contribution is 5.58. The second kappa shape index (κ2) is 5.54. The molecule has 0 amide bonds. The van der Waals surface area contributed by atoms with E-state index in [9.17, 15) is 18.0 Å². The molecule has 3 heterocycles. The van der Waals surface area contributed by atoms with Gasteiger partial charge >= 0.3 is 6.18 Å². The number of anilines is 1. The van der Waals surface area contributed by atoms with E-state index >= 15 is 0 Å². The third kappa shape index (κ3) is 2.68. The van der Waals surface area contributed by atoms with Crippen molar-refractivity contribution in [3.05, 3.63) is 39.9 Å². The van der Waals surface area contributed by atoms with E-state index in [1.54, 1.807) is 6.92 Å². The van der Waals surface area contributed by atoms with Crippen LogP contribution in [0.4, 0.5) is 18.9 Å². The molecule has 7 heteroatoms. The average Bonchev–Trinajstić information content (AvgIpc) is 2.47. The Hall–Kier alpha value is -2.05. The second-order valence-electron chi connectivity index (χ2n) is 6.00. The molecule has 0 spiro atoms. The molecule has 0 saturated carbocycles. The molecular formula is C16H18F3N3O. The Kier molecular flexibility index (Phi) is 3.82. The molecule has 0 bridgehead atoms. The summed E-state index contributed by atoms with van der Waals surface area (Å²) in [6.45, 7) is 4.36. The van der Waals surface area contributed by atoms with Gasteiger partial charge in [-0.2, -0.15) is 13.2 Å². The number of alkyl halides is 3. The van der Waals surface area contributed by atoms with Crippen LogP contribution in [-0.4, -0.2) is 22.0 Å². The lowest BCUT2D eigenvalue weighted by Crippen LogP contribution is -2.42. The highest BCUT2D eigenvalue weighted by Gasteiger charge is 2.34. The van der Waals surface area contributed by atoms with Gasteiger partial charge in [0, 0.05) is 18.8 Å². The number of hydrogen-bond acceptors (Lipinski definition) is 3. The lowest BCUT2D eigenvalue weighted by atomic mass is 10.0. The molecule has 2 aromatic rings. The first-order chi connectivity index (χ1) is 10.8. The maximum Gasteiger partial charge on any atom is 0.419 e. The van der Waals surface area contributed by atoms with E-state index in [2.05, 4.69) is 4.98 Å². The summed E-state index contributed by atoms with van der Waals surface area (Å²) in [5, 5.41) is 0. The largest absolute Gasteiger partial charge is 0.419 e. The minimum atomic E-state index is -4.54. The van der Waals surface area contributed by atoms with Crippen molar-refractivity contribution in [3.8, 4) is 0 Å². The third-order valence-electron chi connectivity index (χ3n) is 4.40. The quantitative estimate of drug-likeness (QED) is 0.806. The summed E-state index contributed by atoms with van der Waals surface area (Å²) in [6.07, 6.45) is -0.175. The van der Waals surface area contributed by atoms with Gasteiger partial charge in [-0.05, 0) is 45.2 Å². The van der Waals surface area contributed by atoms with Crippen LogP contribution in [0.2, 0.25) is 0 Å². The smallest absolute Gasteiger partial charge is 0.363 e. The van der Waals surface area contributed by atoms with E-state index in [-0.39, 0.29) is 11.7 Å². The molecule has 1 unspecified atom stereocenters. The van der Waals surface area contributed by atoms with Gasteiger partial charge < -0.3 is 4.90 Å². The molecule has 1 aliphatic rings. The standard InChI is InChI=1S/C16H18F3N3O/c1-10-6-3-4-8-21(10)13-11(2)20-14-12(16(17,18)19)7-5-9-22(14)15(13)23/h5,7,9-10H,3-4,6,8H2,1-2H3. The zero-order chi connectivity index (χ0) is 16.8. The Morgan fingerprint density at radius 2 is 2.04 bits per heavy atom. The van der Waals surface area contributed by atoms with Crippen molar-refractivity contribution in [3.63, 3.8) is 0 Å². The van der Waals surface area contributed by atoms with Crippen LogP contribution < -0.4 is 10.5 Å². The van der Waals surface area contributed by atoms with Crippen LogP contribution >= 0.6 is 0 Å². The average molecular weight is 325 g/mol. The number of piperidine rings is 1. The van der Waals surface area contributed by atoms with Crippen molar-refractivity contribution in [2.45, 2.75) is 45.3 Å². The zero-order valence-electron chi connectivity index (χ0n) is 13.0. The van der Waals surface area contributed by atoms with Gasteiger partial charge in [-0.25, -0.2) is 4.98 Å². The zero-order valence-corrected chi connectivity index (χ0v) is 13.0. The summed E-state index contributed by atoms with van der Waals surface area (Å²) in [4.78, 5) is 18.9. The second-order valence-corrected chi connectivity index (χ2v) is 6.00. The third-order valence-corrected chi connectivity index (χ3v) is 4.40. The SMILES string of the molecule is Cc1nc2c(C(F)(F)F)cccn2c(=O)c1N1CCCCC1C. The summed E-state index contributed by atoms with van der Waals surface area (Å²) >= 11 is 0. The topological polar surface area (TPSA) is 37.6 Å². The first-order valence-electron chi connectivity index (χ1n) is 7.66. The van der Waals surface area contributed by atoms with Crippen LogP contribution in [0.5, 0.6) is 0 Å². The number of fused-ring (bicyclic) bond motifs is 1. The van der Waals surface area contributed by atoms with E-state index in [4.69, 9.17) is 0 Å². The molecule has 0 aliphatic carbocycles. The molecule has 124 valence electrons. The maximum absolute atomic E-state index is 13.1. The molecule has 1 fully saturated rings. The lowest BCUT2D eigenvalue weighted by Gasteiger charge is -2.35. The van der Waals surface area contributed by atoms with Gasteiger partial charge in [-0.3, -0.25) is 9.20 Å². The van der Waals surface area contributed by atoms with Crippen LogP contribution in [0.1, 0.15) is 37.4 Å². The van der Waals surface area contributed by atoms with Gasteiger partial charge in [-0.15, -0.1) is 0 Å². The number of rotatable bonds is 1. The fourth-order valence-corrected chi connectivity index (χ4v) is 3.24. The van der Waals surface area contributed by atoms with Gasteiger partial charge in [0.25, 0.3) is 5.56 Å². The van der Waals surface area contributed by atoms with E-state index < -0.39 is 17.3 Å². The van der Waals surface area contributed by atoms with Crippen molar-refractivity contribution in [1.82, 2.24) is 9.38 Å². The molecule has 0 aromatic carbocycles. The number of aryl methyl sites for hydroxylation is 1. The van der Waals surface area contributed by atoms with Crippen molar-refractivity contribution < 1.29 is 13.2 Å². The molecular weight excluding hydrogens is 307 g/mol. The number of pyridine rings is 1. The van der Waals surface area contributed by atoms with Gasteiger partial charge in [0.2, 0.25) is 0 Å². The first-order valence-corrected chi connectivity index (χ1v) is 7.66.